The monoisotopic (exact) mass is 212 g/mol. The maximum Gasteiger partial charge on any atom is 0.0946 e. The molecule has 0 radical (unpaired) electrons. The molecule has 1 unspecified atom stereocenters. The SMILES string of the molecule is CCc1nc(CC(C)N)sc1C(C)C. The van der Waals surface area contributed by atoms with Gasteiger partial charge in [-0.2, -0.15) is 0 Å². The fraction of sp³-hybridized carbons (Fsp3) is 0.727. The van der Waals surface area contributed by atoms with E-state index in [-0.39, 0.29) is 6.04 Å². The molecule has 0 aliphatic carbocycles. The van der Waals surface area contributed by atoms with Crippen molar-refractivity contribution in [3.05, 3.63) is 15.6 Å². The van der Waals surface area contributed by atoms with Crippen molar-refractivity contribution < 1.29 is 0 Å². The summed E-state index contributed by atoms with van der Waals surface area (Å²) in [4.78, 5) is 6.06. The molecule has 3 heteroatoms. The molecule has 0 saturated carbocycles. The molecule has 0 fully saturated rings. The van der Waals surface area contributed by atoms with Crippen LogP contribution in [0.1, 0.15) is 49.2 Å². The van der Waals surface area contributed by atoms with Gasteiger partial charge in [0.05, 0.1) is 10.7 Å². The predicted octanol–water partition coefficient (Wildman–Crippen LogP) is 2.72. The maximum atomic E-state index is 5.77. The van der Waals surface area contributed by atoms with Gasteiger partial charge in [-0.05, 0) is 19.3 Å². The van der Waals surface area contributed by atoms with E-state index in [0.717, 1.165) is 12.8 Å². The summed E-state index contributed by atoms with van der Waals surface area (Å²) < 4.78 is 0. The molecule has 0 saturated heterocycles. The summed E-state index contributed by atoms with van der Waals surface area (Å²) in [6, 6.07) is 0.214. The van der Waals surface area contributed by atoms with Gasteiger partial charge < -0.3 is 5.73 Å². The van der Waals surface area contributed by atoms with E-state index in [1.165, 1.54) is 15.6 Å². The molecular formula is C11H20N2S. The first-order valence-corrected chi connectivity index (χ1v) is 6.10. The van der Waals surface area contributed by atoms with E-state index in [2.05, 4.69) is 25.8 Å². The Kier molecular flexibility index (Phi) is 4.08. The van der Waals surface area contributed by atoms with Gasteiger partial charge in [0.15, 0.2) is 0 Å². The summed E-state index contributed by atoms with van der Waals surface area (Å²) in [6.45, 7) is 8.64. The molecule has 1 aromatic heterocycles. The second-order valence-electron chi connectivity index (χ2n) is 4.11. The lowest BCUT2D eigenvalue weighted by Gasteiger charge is -2.01. The molecule has 2 nitrogen and oxygen atoms in total. The summed E-state index contributed by atoms with van der Waals surface area (Å²) in [6.07, 6.45) is 1.94. The smallest absolute Gasteiger partial charge is 0.0946 e. The topological polar surface area (TPSA) is 38.9 Å². The van der Waals surface area contributed by atoms with Crippen molar-refractivity contribution >= 4 is 11.3 Å². The summed E-state index contributed by atoms with van der Waals surface area (Å²) in [7, 11) is 0. The van der Waals surface area contributed by atoms with Crippen molar-refractivity contribution in [1.82, 2.24) is 4.98 Å². The van der Waals surface area contributed by atoms with Crippen molar-refractivity contribution in [2.75, 3.05) is 0 Å². The Bertz CT molecular complexity index is 289. The number of aryl methyl sites for hydroxylation is 1. The Balaban J connectivity index is 2.89. The molecule has 80 valence electrons. The minimum Gasteiger partial charge on any atom is -0.328 e. The van der Waals surface area contributed by atoms with Gasteiger partial charge in [-0.25, -0.2) is 4.98 Å². The summed E-state index contributed by atoms with van der Waals surface area (Å²) >= 11 is 1.83. The number of aromatic nitrogens is 1. The van der Waals surface area contributed by atoms with Crippen molar-refractivity contribution in [1.29, 1.82) is 0 Å². The fourth-order valence-corrected chi connectivity index (χ4v) is 2.78. The Morgan fingerprint density at radius 2 is 2.00 bits per heavy atom. The molecular weight excluding hydrogens is 192 g/mol. The van der Waals surface area contributed by atoms with Crippen LogP contribution in [0.4, 0.5) is 0 Å². The van der Waals surface area contributed by atoms with Crippen LogP contribution < -0.4 is 5.73 Å². The van der Waals surface area contributed by atoms with Crippen molar-refractivity contribution in [2.24, 2.45) is 5.73 Å². The Morgan fingerprint density at radius 1 is 1.36 bits per heavy atom. The van der Waals surface area contributed by atoms with Crippen LogP contribution in [0.25, 0.3) is 0 Å². The third-order valence-electron chi connectivity index (χ3n) is 2.13. The summed E-state index contributed by atoms with van der Waals surface area (Å²) in [5.74, 6) is 0.587. The fourth-order valence-electron chi connectivity index (χ4n) is 1.48. The van der Waals surface area contributed by atoms with Gasteiger partial charge in [-0.1, -0.05) is 20.8 Å². The standard InChI is InChI=1S/C11H20N2S/c1-5-9-11(7(2)3)14-10(13-9)6-8(4)12/h7-8H,5-6,12H2,1-4H3. The quantitative estimate of drug-likeness (QED) is 0.833. The molecule has 0 aromatic carbocycles. The van der Waals surface area contributed by atoms with Crippen LogP contribution in [0.5, 0.6) is 0 Å². The third kappa shape index (κ3) is 2.79. The lowest BCUT2D eigenvalue weighted by molar-refractivity contribution is 0.730. The highest BCUT2D eigenvalue weighted by atomic mass is 32.1. The van der Waals surface area contributed by atoms with Gasteiger partial charge in [0, 0.05) is 17.3 Å². The summed E-state index contributed by atoms with van der Waals surface area (Å²) in [5.41, 5.74) is 7.03. The second kappa shape index (κ2) is 4.89. The van der Waals surface area contributed by atoms with E-state index in [1.54, 1.807) is 0 Å². The molecule has 0 bridgehead atoms. The highest BCUT2D eigenvalue weighted by Gasteiger charge is 2.13. The highest BCUT2D eigenvalue weighted by Crippen LogP contribution is 2.27. The zero-order valence-electron chi connectivity index (χ0n) is 9.50. The van der Waals surface area contributed by atoms with Crippen LogP contribution in [-0.4, -0.2) is 11.0 Å². The Labute approximate surface area is 90.6 Å². The molecule has 1 aromatic rings. The van der Waals surface area contributed by atoms with Gasteiger partial charge in [0.25, 0.3) is 0 Å². The van der Waals surface area contributed by atoms with E-state index >= 15 is 0 Å². The van der Waals surface area contributed by atoms with E-state index in [4.69, 9.17) is 5.73 Å². The average Bonchev–Trinajstić information content (AvgIpc) is 2.46. The number of nitrogens with two attached hydrogens (primary N) is 1. The largest absolute Gasteiger partial charge is 0.328 e. The van der Waals surface area contributed by atoms with E-state index in [1.807, 2.05) is 18.3 Å². The van der Waals surface area contributed by atoms with Crippen LogP contribution in [0.2, 0.25) is 0 Å². The lowest BCUT2D eigenvalue weighted by Crippen LogP contribution is -2.17. The molecule has 1 rings (SSSR count). The van der Waals surface area contributed by atoms with Gasteiger partial charge in [-0.15, -0.1) is 11.3 Å². The zero-order chi connectivity index (χ0) is 10.7. The summed E-state index contributed by atoms with van der Waals surface area (Å²) in [5, 5.41) is 1.19. The first-order chi connectivity index (χ1) is 6.54. The van der Waals surface area contributed by atoms with E-state index in [0.29, 0.717) is 5.92 Å². The Morgan fingerprint density at radius 3 is 2.36 bits per heavy atom. The Hall–Kier alpha value is -0.410. The number of hydrogen-bond acceptors (Lipinski definition) is 3. The van der Waals surface area contributed by atoms with Gasteiger partial charge in [-0.3, -0.25) is 0 Å². The lowest BCUT2D eigenvalue weighted by atomic mass is 10.1. The van der Waals surface area contributed by atoms with Gasteiger partial charge in [0.2, 0.25) is 0 Å². The molecule has 0 spiro atoms. The van der Waals surface area contributed by atoms with Crippen LogP contribution >= 0.6 is 11.3 Å². The zero-order valence-corrected chi connectivity index (χ0v) is 10.3. The predicted molar refractivity (Wildman–Crippen MR) is 62.9 cm³/mol. The molecule has 0 amide bonds. The van der Waals surface area contributed by atoms with Crippen LogP contribution in [0.3, 0.4) is 0 Å². The average molecular weight is 212 g/mol. The molecule has 1 atom stereocenters. The van der Waals surface area contributed by atoms with Crippen LogP contribution in [0, 0.1) is 0 Å². The highest BCUT2D eigenvalue weighted by molar-refractivity contribution is 7.11. The van der Waals surface area contributed by atoms with E-state index in [9.17, 15) is 0 Å². The van der Waals surface area contributed by atoms with E-state index < -0.39 is 0 Å². The first-order valence-electron chi connectivity index (χ1n) is 5.28. The molecule has 14 heavy (non-hydrogen) atoms. The van der Waals surface area contributed by atoms with Gasteiger partial charge >= 0.3 is 0 Å². The molecule has 0 aliphatic heterocycles. The maximum absolute atomic E-state index is 5.77. The van der Waals surface area contributed by atoms with Crippen LogP contribution in [-0.2, 0) is 12.8 Å². The van der Waals surface area contributed by atoms with Gasteiger partial charge in [0.1, 0.15) is 0 Å². The number of rotatable bonds is 4. The number of hydrogen-bond donors (Lipinski definition) is 1. The van der Waals surface area contributed by atoms with Crippen molar-refractivity contribution in [3.63, 3.8) is 0 Å². The normalized spacial score (nSPS) is 13.6. The van der Waals surface area contributed by atoms with Crippen molar-refractivity contribution in [2.45, 2.75) is 52.5 Å². The number of thiazole rings is 1. The van der Waals surface area contributed by atoms with Crippen molar-refractivity contribution in [3.8, 4) is 0 Å². The van der Waals surface area contributed by atoms with Crippen LogP contribution in [0.15, 0.2) is 0 Å². The molecule has 1 heterocycles. The minimum atomic E-state index is 0.214. The number of nitrogens with zero attached hydrogens (tertiary/aromatic N) is 1. The first kappa shape index (κ1) is 11.7. The second-order valence-corrected chi connectivity index (χ2v) is 5.22. The molecule has 0 aliphatic rings. The molecule has 2 N–H and O–H groups in total. The minimum absolute atomic E-state index is 0.214. The third-order valence-corrected chi connectivity index (χ3v) is 3.55.